The van der Waals surface area contributed by atoms with Gasteiger partial charge in [0.1, 0.15) is 0 Å². The standard InChI is InChI=1S/C16H16N2O4/c1-11(17-18-16(19)14-4-2-7-21-14)12-5-6-13-15(10-12)22-9-3-8-20-13/h2,4-7,10H,3,8-9H2,1H3,(H,18,19)/b17-11-. The summed E-state index contributed by atoms with van der Waals surface area (Å²) in [7, 11) is 0. The summed E-state index contributed by atoms with van der Waals surface area (Å²) in [5, 5.41) is 4.08. The maximum absolute atomic E-state index is 11.8. The van der Waals surface area contributed by atoms with Crippen LogP contribution in [0.5, 0.6) is 11.5 Å². The van der Waals surface area contributed by atoms with Crippen molar-refractivity contribution < 1.29 is 18.7 Å². The number of benzene rings is 1. The van der Waals surface area contributed by atoms with E-state index in [1.54, 1.807) is 12.1 Å². The number of amides is 1. The van der Waals surface area contributed by atoms with Gasteiger partial charge in [0.05, 0.1) is 25.2 Å². The predicted octanol–water partition coefficient (Wildman–Crippen LogP) is 2.59. The molecule has 2 aromatic rings. The molecule has 0 atom stereocenters. The molecule has 0 bridgehead atoms. The van der Waals surface area contributed by atoms with Crippen LogP contribution < -0.4 is 14.9 Å². The van der Waals surface area contributed by atoms with E-state index < -0.39 is 5.91 Å². The molecule has 1 amide bonds. The highest BCUT2D eigenvalue weighted by Crippen LogP contribution is 2.30. The smallest absolute Gasteiger partial charge is 0.307 e. The molecule has 2 heterocycles. The third-order valence-corrected chi connectivity index (χ3v) is 3.24. The first-order chi connectivity index (χ1) is 10.7. The number of fused-ring (bicyclic) bond motifs is 1. The van der Waals surface area contributed by atoms with Crippen LogP contribution in [0, 0.1) is 0 Å². The quantitative estimate of drug-likeness (QED) is 0.698. The Kier molecular flexibility index (Phi) is 4.09. The second-order valence-electron chi connectivity index (χ2n) is 4.83. The lowest BCUT2D eigenvalue weighted by atomic mass is 10.1. The number of hydrogen-bond donors (Lipinski definition) is 1. The first kappa shape index (κ1) is 14.2. The van der Waals surface area contributed by atoms with Crippen molar-refractivity contribution in [2.45, 2.75) is 13.3 Å². The van der Waals surface area contributed by atoms with Gasteiger partial charge in [-0.2, -0.15) is 5.10 Å². The Balaban J connectivity index is 1.74. The number of ether oxygens (including phenoxy) is 2. The molecule has 1 N–H and O–H groups in total. The number of nitrogens with one attached hydrogen (secondary N) is 1. The highest BCUT2D eigenvalue weighted by atomic mass is 16.5. The fourth-order valence-corrected chi connectivity index (χ4v) is 2.05. The van der Waals surface area contributed by atoms with Crippen molar-refractivity contribution in [2.24, 2.45) is 5.10 Å². The number of rotatable bonds is 3. The molecular weight excluding hydrogens is 284 g/mol. The molecular formula is C16H16N2O4. The number of hydrogen-bond acceptors (Lipinski definition) is 5. The van der Waals surface area contributed by atoms with Gasteiger partial charge in [0, 0.05) is 12.0 Å². The molecule has 22 heavy (non-hydrogen) atoms. The zero-order valence-electron chi connectivity index (χ0n) is 12.2. The van der Waals surface area contributed by atoms with E-state index in [9.17, 15) is 4.79 Å². The van der Waals surface area contributed by atoms with Gasteiger partial charge in [-0.25, -0.2) is 5.43 Å². The largest absolute Gasteiger partial charge is 0.490 e. The Bertz CT molecular complexity index is 692. The Morgan fingerprint density at radius 3 is 2.77 bits per heavy atom. The minimum absolute atomic E-state index is 0.218. The van der Waals surface area contributed by atoms with E-state index in [1.165, 1.54) is 6.26 Å². The van der Waals surface area contributed by atoms with Crippen LogP contribution in [-0.4, -0.2) is 24.8 Å². The van der Waals surface area contributed by atoms with Gasteiger partial charge in [0.25, 0.3) is 0 Å². The topological polar surface area (TPSA) is 73.1 Å². The van der Waals surface area contributed by atoms with Crippen LogP contribution >= 0.6 is 0 Å². The summed E-state index contributed by atoms with van der Waals surface area (Å²) in [5.41, 5.74) is 3.97. The van der Waals surface area contributed by atoms with Crippen molar-refractivity contribution in [3.63, 3.8) is 0 Å². The zero-order valence-corrected chi connectivity index (χ0v) is 12.2. The molecule has 1 aromatic heterocycles. The van der Waals surface area contributed by atoms with Gasteiger partial charge >= 0.3 is 5.91 Å². The summed E-state index contributed by atoms with van der Waals surface area (Å²) in [6, 6.07) is 8.82. The van der Waals surface area contributed by atoms with E-state index in [0.29, 0.717) is 24.7 Å². The van der Waals surface area contributed by atoms with Gasteiger partial charge in [-0.3, -0.25) is 4.79 Å². The van der Waals surface area contributed by atoms with Crippen LogP contribution in [0.3, 0.4) is 0 Å². The number of carbonyl (C=O) groups is 1. The maximum atomic E-state index is 11.8. The summed E-state index contributed by atoms with van der Waals surface area (Å²) in [6.45, 7) is 3.09. The van der Waals surface area contributed by atoms with Crippen LogP contribution in [0.1, 0.15) is 29.5 Å². The fraction of sp³-hybridized carbons (Fsp3) is 0.250. The normalized spacial score (nSPS) is 14.3. The average molecular weight is 300 g/mol. The summed E-state index contributed by atoms with van der Waals surface area (Å²) >= 11 is 0. The summed E-state index contributed by atoms with van der Waals surface area (Å²) < 4.78 is 16.2. The lowest BCUT2D eigenvalue weighted by molar-refractivity contribution is 0.0927. The lowest BCUT2D eigenvalue weighted by Gasteiger charge is -2.09. The molecule has 0 saturated heterocycles. The van der Waals surface area contributed by atoms with Crippen molar-refractivity contribution in [3.05, 3.63) is 47.9 Å². The SMILES string of the molecule is C/C(=N/NC(=O)c1ccco1)c1ccc2c(c1)OCCCO2. The second-order valence-corrected chi connectivity index (χ2v) is 4.83. The predicted molar refractivity (Wildman–Crippen MR) is 80.4 cm³/mol. The molecule has 1 aromatic carbocycles. The number of nitrogens with zero attached hydrogens (tertiary/aromatic N) is 1. The van der Waals surface area contributed by atoms with Crippen LogP contribution in [0.15, 0.2) is 46.1 Å². The Morgan fingerprint density at radius 1 is 1.18 bits per heavy atom. The molecule has 3 rings (SSSR count). The fourth-order valence-electron chi connectivity index (χ4n) is 2.05. The number of hydrazone groups is 1. The highest BCUT2D eigenvalue weighted by molar-refractivity contribution is 6.00. The second kappa shape index (κ2) is 6.34. The minimum atomic E-state index is -0.390. The Labute approximate surface area is 127 Å². The monoisotopic (exact) mass is 300 g/mol. The van der Waals surface area contributed by atoms with Gasteiger partial charge in [0.15, 0.2) is 17.3 Å². The number of carbonyl (C=O) groups excluding carboxylic acids is 1. The maximum Gasteiger partial charge on any atom is 0.307 e. The van der Waals surface area contributed by atoms with Crippen LogP contribution in [-0.2, 0) is 0 Å². The van der Waals surface area contributed by atoms with Crippen molar-refractivity contribution in [1.29, 1.82) is 0 Å². The number of furan rings is 1. The molecule has 1 aliphatic rings. The zero-order chi connectivity index (χ0) is 15.4. The molecule has 0 unspecified atom stereocenters. The van der Waals surface area contributed by atoms with Gasteiger partial charge in [-0.1, -0.05) is 0 Å². The minimum Gasteiger partial charge on any atom is -0.490 e. The van der Waals surface area contributed by atoms with E-state index in [4.69, 9.17) is 13.9 Å². The van der Waals surface area contributed by atoms with Crippen molar-refractivity contribution in [2.75, 3.05) is 13.2 Å². The van der Waals surface area contributed by atoms with Crippen molar-refractivity contribution in [3.8, 4) is 11.5 Å². The highest BCUT2D eigenvalue weighted by Gasteiger charge is 2.12. The molecule has 0 fully saturated rings. The Hall–Kier alpha value is -2.76. The van der Waals surface area contributed by atoms with Crippen LogP contribution in [0.4, 0.5) is 0 Å². The van der Waals surface area contributed by atoms with E-state index in [2.05, 4.69) is 10.5 Å². The van der Waals surface area contributed by atoms with Gasteiger partial charge in [0.2, 0.25) is 0 Å². The van der Waals surface area contributed by atoms with E-state index in [1.807, 2.05) is 25.1 Å². The molecule has 0 spiro atoms. The third kappa shape index (κ3) is 3.11. The summed E-state index contributed by atoms with van der Waals surface area (Å²) in [6.07, 6.45) is 2.30. The van der Waals surface area contributed by atoms with Crippen LogP contribution in [0.2, 0.25) is 0 Å². The molecule has 6 heteroatoms. The first-order valence-electron chi connectivity index (χ1n) is 7.02. The van der Waals surface area contributed by atoms with Crippen LogP contribution in [0.25, 0.3) is 0 Å². The van der Waals surface area contributed by atoms with Crippen molar-refractivity contribution >= 4 is 11.6 Å². The average Bonchev–Trinajstić information content (AvgIpc) is 2.97. The van der Waals surface area contributed by atoms with E-state index >= 15 is 0 Å². The first-order valence-corrected chi connectivity index (χ1v) is 7.02. The van der Waals surface area contributed by atoms with Gasteiger partial charge < -0.3 is 13.9 Å². The third-order valence-electron chi connectivity index (χ3n) is 3.24. The summed E-state index contributed by atoms with van der Waals surface area (Å²) in [4.78, 5) is 11.8. The molecule has 0 aliphatic carbocycles. The van der Waals surface area contributed by atoms with Crippen molar-refractivity contribution in [1.82, 2.24) is 5.43 Å². The van der Waals surface area contributed by atoms with Gasteiger partial charge in [-0.05, 0) is 37.3 Å². The molecule has 1 aliphatic heterocycles. The van der Waals surface area contributed by atoms with Gasteiger partial charge in [-0.15, -0.1) is 0 Å². The van der Waals surface area contributed by atoms with E-state index in [0.717, 1.165) is 17.7 Å². The molecule has 0 radical (unpaired) electrons. The Morgan fingerprint density at radius 2 is 2.00 bits per heavy atom. The van der Waals surface area contributed by atoms with E-state index in [-0.39, 0.29) is 5.76 Å². The lowest BCUT2D eigenvalue weighted by Crippen LogP contribution is -2.18. The molecule has 114 valence electrons. The summed E-state index contributed by atoms with van der Waals surface area (Å²) in [5.74, 6) is 1.25. The molecule has 6 nitrogen and oxygen atoms in total. The molecule has 0 saturated carbocycles.